The lowest BCUT2D eigenvalue weighted by Gasteiger charge is -2.18. The Morgan fingerprint density at radius 3 is 0.785 bits per heavy atom. The fourth-order valence-corrected chi connectivity index (χ4v) is 9.30. The van der Waals surface area contributed by atoms with Crippen molar-refractivity contribution in [3.63, 3.8) is 0 Å². The molecule has 0 heterocycles. The van der Waals surface area contributed by atoms with Gasteiger partial charge in [-0.15, -0.1) is 0 Å². The molecule has 0 aliphatic heterocycles. The first-order chi connectivity index (χ1) is 39.0. The Morgan fingerprint density at radius 2 is 0.494 bits per heavy atom. The van der Waals surface area contributed by atoms with Gasteiger partial charge in [-0.05, 0) is 122 Å². The molecule has 1 atom stereocenters. The standard InChI is InChI=1S/C73H124O6/c1-4-7-10-13-16-19-22-25-27-29-31-33-34-35-36-37-38-40-41-43-45-48-51-54-57-60-63-66-72(75)78-69-70(68-77-71(74)65-62-59-56-53-50-47-24-21-18-15-12-9-6-3)79-73(76)67-64-61-58-55-52-49-46-44-42-39-32-30-28-26-23-20-17-14-11-8-5-2/h8-9,11-12,17-18,20-22,25-26,28-29,31-32,39,47,50,70H,4-7,10,13-16,19,23-24,27,30,33-38,40-46,48-49,51-69H2,1-3H3/b11-8-,12-9-,20-17-,21-18-,25-22-,28-26-,31-29-,39-32-,50-47-. The van der Waals surface area contributed by atoms with E-state index in [0.717, 1.165) is 122 Å². The van der Waals surface area contributed by atoms with Crippen molar-refractivity contribution in [2.45, 2.75) is 322 Å². The second-order valence-corrected chi connectivity index (χ2v) is 22.0. The molecule has 0 radical (unpaired) electrons. The molecule has 0 saturated carbocycles. The molecule has 6 heteroatoms. The third-order valence-electron chi connectivity index (χ3n) is 14.2. The second-order valence-electron chi connectivity index (χ2n) is 22.0. The van der Waals surface area contributed by atoms with Gasteiger partial charge in [-0.1, -0.05) is 284 Å². The van der Waals surface area contributed by atoms with E-state index in [2.05, 4.69) is 130 Å². The highest BCUT2D eigenvalue weighted by molar-refractivity contribution is 5.71. The van der Waals surface area contributed by atoms with Crippen LogP contribution in [0.15, 0.2) is 109 Å². The van der Waals surface area contributed by atoms with Gasteiger partial charge in [0.1, 0.15) is 13.2 Å². The highest BCUT2D eigenvalue weighted by Gasteiger charge is 2.19. The van der Waals surface area contributed by atoms with Crippen LogP contribution in [0.2, 0.25) is 0 Å². The van der Waals surface area contributed by atoms with Gasteiger partial charge in [0.2, 0.25) is 0 Å². The van der Waals surface area contributed by atoms with Crippen LogP contribution in [-0.4, -0.2) is 37.2 Å². The predicted molar refractivity (Wildman–Crippen MR) is 343 cm³/mol. The van der Waals surface area contributed by atoms with E-state index in [1.54, 1.807) is 0 Å². The van der Waals surface area contributed by atoms with E-state index >= 15 is 0 Å². The zero-order chi connectivity index (χ0) is 57.1. The van der Waals surface area contributed by atoms with Crippen LogP contribution in [0, 0.1) is 0 Å². The molecule has 0 aliphatic rings. The minimum absolute atomic E-state index is 0.0905. The topological polar surface area (TPSA) is 78.9 Å². The van der Waals surface area contributed by atoms with Gasteiger partial charge in [-0.25, -0.2) is 0 Å². The molecule has 0 amide bonds. The highest BCUT2D eigenvalue weighted by Crippen LogP contribution is 2.16. The first-order valence-electron chi connectivity index (χ1n) is 33.4. The molecular formula is C73H124O6. The molecule has 452 valence electrons. The zero-order valence-corrected chi connectivity index (χ0v) is 51.9. The SMILES string of the molecule is CC/C=C\C/C=C\C/C=C\C/C=C\CCCCCCCCCCC(=O)OC(COC(=O)CCCCC/C=C\C/C=C\C/C=C\CC)COC(=O)CCCCCCCCCCCCCCCCC/C=C\C/C=C\CCCCCCC. The molecular weight excluding hydrogens is 973 g/mol. The molecule has 1 unspecified atom stereocenters. The summed E-state index contributed by atoms with van der Waals surface area (Å²) < 4.78 is 16.9. The lowest BCUT2D eigenvalue weighted by molar-refractivity contribution is -0.167. The maximum atomic E-state index is 12.9. The number of allylic oxidation sites excluding steroid dienone is 18. The van der Waals surface area contributed by atoms with Crippen molar-refractivity contribution in [3.05, 3.63) is 109 Å². The number of ether oxygens (including phenoxy) is 3. The number of carbonyl (C=O) groups excluding carboxylic acids is 3. The first kappa shape index (κ1) is 75.1. The Kier molecular flexibility index (Phi) is 63.3. The average molecular weight is 1100 g/mol. The summed E-state index contributed by atoms with van der Waals surface area (Å²) in [6.07, 6.45) is 91.1. The lowest BCUT2D eigenvalue weighted by Crippen LogP contribution is -2.30. The van der Waals surface area contributed by atoms with Crippen molar-refractivity contribution in [2.24, 2.45) is 0 Å². The van der Waals surface area contributed by atoms with Gasteiger partial charge in [0, 0.05) is 19.3 Å². The van der Waals surface area contributed by atoms with Gasteiger partial charge in [0.15, 0.2) is 6.10 Å². The Hall–Kier alpha value is -3.93. The summed E-state index contributed by atoms with van der Waals surface area (Å²) in [5.74, 6) is -0.921. The van der Waals surface area contributed by atoms with Crippen LogP contribution in [-0.2, 0) is 28.6 Å². The van der Waals surface area contributed by atoms with Crippen molar-refractivity contribution < 1.29 is 28.6 Å². The third kappa shape index (κ3) is 64.8. The fourth-order valence-electron chi connectivity index (χ4n) is 9.30. The molecule has 0 N–H and O–H groups in total. The van der Waals surface area contributed by atoms with Crippen molar-refractivity contribution in [3.8, 4) is 0 Å². The lowest BCUT2D eigenvalue weighted by atomic mass is 10.0. The Labute approximate surface area is 489 Å². The number of carbonyl (C=O) groups is 3. The summed E-state index contributed by atoms with van der Waals surface area (Å²) in [6.45, 7) is 6.40. The summed E-state index contributed by atoms with van der Waals surface area (Å²) in [4.78, 5) is 38.3. The number of rotatable bonds is 60. The maximum absolute atomic E-state index is 12.9. The monoisotopic (exact) mass is 1100 g/mol. The summed E-state index contributed by atoms with van der Waals surface area (Å²) in [5.41, 5.74) is 0. The quantitative estimate of drug-likeness (QED) is 0.0261. The maximum Gasteiger partial charge on any atom is 0.306 e. The molecule has 0 aromatic heterocycles. The van der Waals surface area contributed by atoms with E-state index in [1.807, 2.05) is 0 Å². The van der Waals surface area contributed by atoms with Crippen LogP contribution in [0.4, 0.5) is 0 Å². The molecule has 0 bridgehead atoms. The van der Waals surface area contributed by atoms with Gasteiger partial charge in [-0.3, -0.25) is 14.4 Å². The summed E-state index contributed by atoms with van der Waals surface area (Å²) in [6, 6.07) is 0. The molecule has 0 fully saturated rings. The minimum Gasteiger partial charge on any atom is -0.462 e. The number of unbranched alkanes of at least 4 members (excludes halogenated alkanes) is 31. The van der Waals surface area contributed by atoms with Crippen LogP contribution < -0.4 is 0 Å². The normalized spacial score (nSPS) is 12.8. The van der Waals surface area contributed by atoms with Crippen LogP contribution in [0.1, 0.15) is 316 Å². The van der Waals surface area contributed by atoms with Crippen molar-refractivity contribution in [2.75, 3.05) is 13.2 Å². The number of hydrogen-bond donors (Lipinski definition) is 0. The molecule has 0 aromatic rings. The third-order valence-corrected chi connectivity index (χ3v) is 14.2. The van der Waals surface area contributed by atoms with Gasteiger partial charge < -0.3 is 14.2 Å². The van der Waals surface area contributed by atoms with Gasteiger partial charge >= 0.3 is 17.9 Å². The summed E-state index contributed by atoms with van der Waals surface area (Å²) >= 11 is 0. The molecule has 79 heavy (non-hydrogen) atoms. The van der Waals surface area contributed by atoms with Crippen LogP contribution in [0.25, 0.3) is 0 Å². The van der Waals surface area contributed by atoms with Gasteiger partial charge in [-0.2, -0.15) is 0 Å². The molecule has 0 aromatic carbocycles. The minimum atomic E-state index is -0.797. The molecule has 0 aliphatic carbocycles. The van der Waals surface area contributed by atoms with Gasteiger partial charge in [0.05, 0.1) is 0 Å². The Morgan fingerprint density at radius 1 is 0.266 bits per heavy atom. The van der Waals surface area contributed by atoms with Crippen molar-refractivity contribution in [1.29, 1.82) is 0 Å². The predicted octanol–water partition coefficient (Wildman–Crippen LogP) is 23.0. The zero-order valence-electron chi connectivity index (χ0n) is 51.9. The number of esters is 3. The van der Waals surface area contributed by atoms with Crippen LogP contribution >= 0.6 is 0 Å². The first-order valence-corrected chi connectivity index (χ1v) is 33.4. The second kappa shape index (κ2) is 66.6. The van der Waals surface area contributed by atoms with Crippen molar-refractivity contribution >= 4 is 17.9 Å². The summed E-state index contributed by atoms with van der Waals surface area (Å²) in [5, 5.41) is 0. The fraction of sp³-hybridized carbons (Fsp3) is 0.712. The Bertz CT molecular complexity index is 1590. The smallest absolute Gasteiger partial charge is 0.306 e. The highest BCUT2D eigenvalue weighted by atomic mass is 16.6. The van der Waals surface area contributed by atoms with E-state index in [-0.39, 0.29) is 31.1 Å². The molecule has 0 rings (SSSR count). The Balaban J connectivity index is 4.30. The molecule has 0 saturated heterocycles. The van der Waals surface area contributed by atoms with Crippen LogP contribution in [0.5, 0.6) is 0 Å². The van der Waals surface area contributed by atoms with E-state index < -0.39 is 6.10 Å². The molecule has 6 nitrogen and oxygen atoms in total. The molecule has 0 spiro atoms. The largest absolute Gasteiger partial charge is 0.462 e. The van der Waals surface area contributed by atoms with E-state index in [1.165, 1.54) is 154 Å². The average Bonchev–Trinajstić information content (AvgIpc) is 3.45. The van der Waals surface area contributed by atoms with E-state index in [4.69, 9.17) is 14.2 Å². The summed E-state index contributed by atoms with van der Waals surface area (Å²) in [7, 11) is 0. The van der Waals surface area contributed by atoms with E-state index in [0.29, 0.717) is 19.3 Å². The van der Waals surface area contributed by atoms with Crippen LogP contribution in [0.3, 0.4) is 0 Å². The van der Waals surface area contributed by atoms with E-state index in [9.17, 15) is 14.4 Å². The van der Waals surface area contributed by atoms with Gasteiger partial charge in [0.25, 0.3) is 0 Å². The number of hydrogen-bond acceptors (Lipinski definition) is 6. The van der Waals surface area contributed by atoms with Crippen molar-refractivity contribution in [1.82, 2.24) is 0 Å².